The molecule has 2 aliphatic heterocycles. The van der Waals surface area contributed by atoms with E-state index in [4.69, 9.17) is 14.6 Å². The number of hydrogen-bond donors (Lipinski definition) is 1. The van der Waals surface area contributed by atoms with Crippen LogP contribution >= 0.6 is 0 Å². The highest BCUT2D eigenvalue weighted by atomic mass is 19.4. The van der Waals surface area contributed by atoms with Crippen LogP contribution in [-0.2, 0) is 14.3 Å². The lowest BCUT2D eigenvalue weighted by atomic mass is 9.75. The van der Waals surface area contributed by atoms with Crippen LogP contribution in [-0.4, -0.2) is 78.9 Å². The van der Waals surface area contributed by atoms with Crippen LogP contribution < -0.4 is 0 Å². The van der Waals surface area contributed by atoms with E-state index in [2.05, 4.69) is 22.9 Å². The number of allylic oxidation sites excluding steroid dienone is 1. The molecule has 1 N–H and O–H groups in total. The third kappa shape index (κ3) is 5.47. The van der Waals surface area contributed by atoms with Gasteiger partial charge in [0.1, 0.15) is 0 Å². The maximum Gasteiger partial charge on any atom is 0.490 e. The molecule has 0 radical (unpaired) electrons. The third-order valence-corrected chi connectivity index (χ3v) is 5.82. The molecule has 2 fully saturated rings. The predicted molar refractivity (Wildman–Crippen MR) is 96.8 cm³/mol. The summed E-state index contributed by atoms with van der Waals surface area (Å²) in [5.41, 5.74) is 1.27. The van der Waals surface area contributed by atoms with Crippen molar-refractivity contribution in [3.63, 3.8) is 0 Å². The molecule has 3 rings (SSSR count). The van der Waals surface area contributed by atoms with Crippen LogP contribution in [0.3, 0.4) is 0 Å². The van der Waals surface area contributed by atoms with Crippen LogP contribution in [0.1, 0.15) is 38.5 Å². The zero-order chi connectivity index (χ0) is 20.9. The van der Waals surface area contributed by atoms with Crippen molar-refractivity contribution < 1.29 is 32.6 Å². The molecule has 0 aromatic carbocycles. The number of aliphatic carboxylic acids is 1. The van der Waals surface area contributed by atoms with E-state index in [0.717, 1.165) is 44.7 Å². The van der Waals surface area contributed by atoms with Crippen LogP contribution in [0.25, 0.3) is 0 Å². The van der Waals surface area contributed by atoms with Crippen LogP contribution in [0.2, 0.25) is 0 Å². The molecule has 28 heavy (non-hydrogen) atoms. The van der Waals surface area contributed by atoms with Crippen LogP contribution in [0.5, 0.6) is 0 Å². The summed E-state index contributed by atoms with van der Waals surface area (Å²) in [6.45, 7) is 3.78. The number of likely N-dealkylation sites (N-methyl/N-ethyl adjacent to an activating group) is 1. The summed E-state index contributed by atoms with van der Waals surface area (Å²) in [4.78, 5) is 26.0. The summed E-state index contributed by atoms with van der Waals surface area (Å²) in [5.74, 6) is -1.81. The highest BCUT2D eigenvalue weighted by Crippen LogP contribution is 2.39. The highest BCUT2D eigenvalue weighted by Gasteiger charge is 2.51. The molecule has 2 heterocycles. The van der Waals surface area contributed by atoms with Crippen molar-refractivity contribution in [1.29, 1.82) is 0 Å². The predicted octanol–water partition coefficient (Wildman–Crippen LogP) is 2.69. The number of likely N-dealkylation sites (tertiary alicyclic amines) is 2. The molecule has 0 aromatic rings. The van der Waals surface area contributed by atoms with E-state index >= 15 is 0 Å². The number of nitrogens with zero attached hydrogens (tertiary/aromatic N) is 2. The smallest absolute Gasteiger partial charge is 0.475 e. The van der Waals surface area contributed by atoms with Crippen molar-refractivity contribution in [2.24, 2.45) is 5.92 Å². The number of rotatable bonds is 3. The first kappa shape index (κ1) is 22.7. The molecule has 160 valence electrons. The molecule has 0 saturated carbocycles. The Morgan fingerprint density at radius 3 is 2.46 bits per heavy atom. The maximum absolute atomic E-state index is 12.5. The Balaban J connectivity index is 0.000000345. The van der Waals surface area contributed by atoms with Crippen molar-refractivity contribution in [2.75, 3.05) is 40.4 Å². The van der Waals surface area contributed by atoms with E-state index in [1.54, 1.807) is 7.11 Å². The third-order valence-electron chi connectivity index (χ3n) is 5.82. The highest BCUT2D eigenvalue weighted by molar-refractivity contribution is 5.94. The second kappa shape index (κ2) is 9.26. The number of carboxylic acids is 1. The molecule has 0 aromatic heterocycles. The van der Waals surface area contributed by atoms with E-state index in [0.29, 0.717) is 11.8 Å². The van der Waals surface area contributed by atoms with Gasteiger partial charge in [0.05, 0.1) is 5.54 Å². The number of carbonyl (C=O) groups is 2. The van der Waals surface area contributed by atoms with Crippen LogP contribution in [0.15, 0.2) is 11.6 Å². The minimum absolute atomic E-state index is 0.215. The largest absolute Gasteiger partial charge is 0.490 e. The first-order chi connectivity index (χ1) is 13.1. The summed E-state index contributed by atoms with van der Waals surface area (Å²) in [6, 6.07) is 0. The summed E-state index contributed by atoms with van der Waals surface area (Å²) in [6.07, 6.45) is 3.93. The second-order valence-corrected chi connectivity index (χ2v) is 7.90. The molecule has 1 atom stereocenters. The summed E-state index contributed by atoms with van der Waals surface area (Å²) >= 11 is 0. The van der Waals surface area contributed by atoms with Gasteiger partial charge < -0.3 is 14.7 Å². The molecular weight excluding hydrogens is 377 g/mol. The van der Waals surface area contributed by atoms with E-state index in [1.165, 1.54) is 25.7 Å². The van der Waals surface area contributed by atoms with Gasteiger partial charge in [-0.15, -0.1) is 0 Å². The molecule has 3 aliphatic rings. The Morgan fingerprint density at radius 2 is 1.96 bits per heavy atom. The molecular formula is C19H29F3N2O4. The molecule has 0 bridgehead atoms. The second-order valence-electron chi connectivity index (χ2n) is 7.90. The number of piperidine rings is 1. The lowest BCUT2D eigenvalue weighted by Gasteiger charge is -2.58. The molecule has 1 unspecified atom stereocenters. The Hall–Kier alpha value is -1.61. The zero-order valence-corrected chi connectivity index (χ0v) is 16.4. The SMILES string of the molecule is COCC1CCN(C)C2(C1)CN(C(=O)C1=CCCCC1)C2.O=C(O)C(F)(F)F. The van der Waals surface area contributed by atoms with Gasteiger partial charge in [-0.1, -0.05) is 6.08 Å². The number of amides is 1. The minimum atomic E-state index is -5.08. The monoisotopic (exact) mass is 406 g/mol. The van der Waals surface area contributed by atoms with Gasteiger partial charge in [-0.25, -0.2) is 4.79 Å². The van der Waals surface area contributed by atoms with Gasteiger partial charge in [0.25, 0.3) is 0 Å². The lowest BCUT2D eigenvalue weighted by molar-refractivity contribution is -0.192. The van der Waals surface area contributed by atoms with Crippen molar-refractivity contribution in [3.05, 3.63) is 11.6 Å². The Kier molecular flexibility index (Phi) is 7.50. The van der Waals surface area contributed by atoms with Gasteiger partial charge >= 0.3 is 12.1 Å². The number of methoxy groups -OCH3 is 1. The normalized spacial score (nSPS) is 24.7. The van der Waals surface area contributed by atoms with E-state index in [-0.39, 0.29) is 5.54 Å². The first-order valence-corrected chi connectivity index (χ1v) is 9.57. The van der Waals surface area contributed by atoms with Crippen molar-refractivity contribution in [2.45, 2.75) is 50.2 Å². The molecule has 2 saturated heterocycles. The summed E-state index contributed by atoms with van der Waals surface area (Å²) in [5, 5.41) is 7.12. The average molecular weight is 406 g/mol. The van der Waals surface area contributed by atoms with Crippen molar-refractivity contribution >= 4 is 11.9 Å². The van der Waals surface area contributed by atoms with E-state index in [9.17, 15) is 18.0 Å². The topological polar surface area (TPSA) is 70.1 Å². The van der Waals surface area contributed by atoms with Crippen molar-refractivity contribution in [1.82, 2.24) is 9.80 Å². The van der Waals surface area contributed by atoms with Gasteiger partial charge in [0.2, 0.25) is 5.91 Å². The lowest BCUT2D eigenvalue weighted by Crippen LogP contribution is -2.72. The molecule has 1 amide bonds. The number of carboxylic acid groups (broad SMARTS) is 1. The van der Waals surface area contributed by atoms with Gasteiger partial charge in [-0.05, 0) is 58.0 Å². The number of ether oxygens (including phenoxy) is 1. The number of alkyl halides is 3. The van der Waals surface area contributed by atoms with Gasteiger partial charge in [-0.2, -0.15) is 13.2 Å². The quantitative estimate of drug-likeness (QED) is 0.781. The molecule has 6 nitrogen and oxygen atoms in total. The Bertz CT molecular complexity index is 600. The van der Waals surface area contributed by atoms with Gasteiger partial charge in [0.15, 0.2) is 0 Å². The van der Waals surface area contributed by atoms with Gasteiger partial charge in [-0.3, -0.25) is 9.69 Å². The molecule has 9 heteroatoms. The first-order valence-electron chi connectivity index (χ1n) is 9.57. The van der Waals surface area contributed by atoms with Crippen molar-refractivity contribution in [3.8, 4) is 0 Å². The van der Waals surface area contributed by atoms with E-state index < -0.39 is 12.1 Å². The molecule has 1 spiro atoms. The number of carbonyl (C=O) groups excluding carboxylic acids is 1. The zero-order valence-electron chi connectivity index (χ0n) is 16.4. The fourth-order valence-electron chi connectivity index (χ4n) is 4.20. The fourth-order valence-corrected chi connectivity index (χ4v) is 4.20. The standard InChI is InChI=1S/C17H28N2O2.C2HF3O2/c1-18-9-8-14(11-21-2)10-17(18)12-19(13-17)16(20)15-6-4-3-5-7-15;3-2(4,5)1(6)7/h6,14H,3-5,7-13H2,1-2H3;(H,6,7). The minimum Gasteiger partial charge on any atom is -0.475 e. The fraction of sp³-hybridized carbons (Fsp3) is 0.789. The number of hydrogen-bond acceptors (Lipinski definition) is 4. The maximum atomic E-state index is 12.5. The summed E-state index contributed by atoms with van der Waals surface area (Å²) < 4.78 is 37.1. The average Bonchev–Trinajstić information content (AvgIpc) is 2.61. The number of halogens is 3. The van der Waals surface area contributed by atoms with Crippen LogP contribution in [0, 0.1) is 5.92 Å². The Morgan fingerprint density at radius 1 is 1.32 bits per heavy atom. The van der Waals surface area contributed by atoms with E-state index in [1.807, 2.05) is 0 Å². The van der Waals surface area contributed by atoms with Crippen LogP contribution in [0.4, 0.5) is 13.2 Å². The van der Waals surface area contributed by atoms with Gasteiger partial charge in [0, 0.05) is 32.4 Å². The summed E-state index contributed by atoms with van der Waals surface area (Å²) in [7, 11) is 4.00. The molecule has 1 aliphatic carbocycles. The Labute approximate surface area is 163 Å².